The van der Waals surface area contributed by atoms with Gasteiger partial charge in [-0.05, 0) is 44.5 Å². The number of piperidine rings is 1. The molecule has 3 rings (SSSR count). The molecule has 1 aliphatic rings. The lowest BCUT2D eigenvalue weighted by Gasteiger charge is -2.28. The van der Waals surface area contributed by atoms with E-state index in [0.717, 1.165) is 25.1 Å². The summed E-state index contributed by atoms with van der Waals surface area (Å²) in [6.45, 7) is 3.07. The van der Waals surface area contributed by atoms with E-state index in [4.69, 9.17) is 11.6 Å². The molecule has 0 bridgehead atoms. The third kappa shape index (κ3) is 4.47. The molecule has 0 spiro atoms. The van der Waals surface area contributed by atoms with Gasteiger partial charge in [0.2, 0.25) is 0 Å². The van der Waals surface area contributed by atoms with Gasteiger partial charge in [0.05, 0.1) is 17.4 Å². The van der Waals surface area contributed by atoms with Crippen LogP contribution in [0, 0.1) is 0 Å². The van der Waals surface area contributed by atoms with Crippen LogP contribution < -0.4 is 10.6 Å². The Morgan fingerprint density at radius 2 is 2.30 bits per heavy atom. The SMILES string of the molecule is CC1CC(NC(=O)c2cnn(-c3cccc(Cl)c3)c2)CCN1.Cl. The number of rotatable bonds is 3. The van der Waals surface area contributed by atoms with Gasteiger partial charge in [0, 0.05) is 23.3 Å². The maximum Gasteiger partial charge on any atom is 0.254 e. The summed E-state index contributed by atoms with van der Waals surface area (Å²) in [5.74, 6) is -0.0765. The number of benzene rings is 1. The van der Waals surface area contributed by atoms with Gasteiger partial charge in [0.15, 0.2) is 0 Å². The summed E-state index contributed by atoms with van der Waals surface area (Å²) in [4.78, 5) is 12.3. The number of carbonyl (C=O) groups excluding carboxylic acids is 1. The predicted octanol–water partition coefficient (Wildman–Crippen LogP) is 2.82. The number of aromatic nitrogens is 2. The van der Waals surface area contributed by atoms with Crippen LogP contribution in [0.1, 0.15) is 30.1 Å². The first-order valence-electron chi connectivity index (χ1n) is 7.46. The van der Waals surface area contributed by atoms with Crippen LogP contribution >= 0.6 is 24.0 Å². The van der Waals surface area contributed by atoms with Crippen molar-refractivity contribution in [3.63, 3.8) is 0 Å². The van der Waals surface area contributed by atoms with E-state index in [1.54, 1.807) is 23.1 Å². The molecular weight excluding hydrogens is 335 g/mol. The van der Waals surface area contributed by atoms with Gasteiger partial charge in [-0.25, -0.2) is 4.68 Å². The standard InChI is InChI=1S/C16H19ClN4O.ClH/c1-11-7-14(5-6-18-11)20-16(22)12-9-19-21(10-12)15-4-2-3-13(17)8-15;/h2-4,8-11,14,18H,5-7H2,1H3,(H,20,22);1H. The largest absolute Gasteiger partial charge is 0.349 e. The lowest BCUT2D eigenvalue weighted by Crippen LogP contribution is -2.46. The summed E-state index contributed by atoms with van der Waals surface area (Å²) >= 11 is 5.98. The average molecular weight is 355 g/mol. The zero-order chi connectivity index (χ0) is 15.5. The Labute approximate surface area is 146 Å². The third-order valence-electron chi connectivity index (χ3n) is 3.88. The minimum absolute atomic E-state index is 0. The van der Waals surface area contributed by atoms with Crippen molar-refractivity contribution in [3.8, 4) is 5.69 Å². The summed E-state index contributed by atoms with van der Waals surface area (Å²) in [6, 6.07) is 8.03. The summed E-state index contributed by atoms with van der Waals surface area (Å²) in [6.07, 6.45) is 5.22. The predicted molar refractivity (Wildman–Crippen MR) is 93.8 cm³/mol. The normalized spacial score (nSPS) is 20.6. The van der Waals surface area contributed by atoms with Crippen molar-refractivity contribution in [3.05, 3.63) is 47.2 Å². The van der Waals surface area contributed by atoms with Crippen LogP contribution in [0.25, 0.3) is 5.69 Å². The van der Waals surface area contributed by atoms with Crippen LogP contribution in [0.15, 0.2) is 36.7 Å². The Kier molecular flexibility index (Phi) is 6.04. The maximum atomic E-state index is 12.3. The Morgan fingerprint density at radius 3 is 3.04 bits per heavy atom. The fourth-order valence-corrected chi connectivity index (χ4v) is 2.92. The quantitative estimate of drug-likeness (QED) is 0.890. The van der Waals surface area contributed by atoms with Gasteiger partial charge in [0.25, 0.3) is 5.91 Å². The molecule has 7 heteroatoms. The van der Waals surface area contributed by atoms with Gasteiger partial charge in [-0.1, -0.05) is 17.7 Å². The smallest absolute Gasteiger partial charge is 0.254 e. The second kappa shape index (κ2) is 7.81. The van der Waals surface area contributed by atoms with E-state index in [-0.39, 0.29) is 24.4 Å². The van der Waals surface area contributed by atoms with Crippen LogP contribution in [0.2, 0.25) is 5.02 Å². The number of carbonyl (C=O) groups is 1. The molecule has 0 aliphatic carbocycles. The molecule has 1 amide bonds. The summed E-state index contributed by atoms with van der Waals surface area (Å²) < 4.78 is 1.66. The monoisotopic (exact) mass is 354 g/mol. The number of amides is 1. The van der Waals surface area contributed by atoms with Crippen molar-refractivity contribution < 1.29 is 4.79 Å². The van der Waals surface area contributed by atoms with Gasteiger partial charge >= 0.3 is 0 Å². The Bertz CT molecular complexity index is 674. The van der Waals surface area contributed by atoms with E-state index in [9.17, 15) is 4.79 Å². The molecule has 124 valence electrons. The second-order valence-corrected chi connectivity index (χ2v) is 6.14. The van der Waals surface area contributed by atoms with Crippen molar-refractivity contribution in [1.29, 1.82) is 0 Å². The first kappa shape index (κ1) is 17.8. The minimum Gasteiger partial charge on any atom is -0.349 e. The molecule has 1 saturated heterocycles. The van der Waals surface area contributed by atoms with E-state index in [1.165, 1.54) is 0 Å². The zero-order valence-electron chi connectivity index (χ0n) is 12.8. The van der Waals surface area contributed by atoms with Crippen LogP contribution in [0.4, 0.5) is 0 Å². The Morgan fingerprint density at radius 1 is 1.48 bits per heavy atom. The first-order valence-corrected chi connectivity index (χ1v) is 7.84. The number of nitrogens with one attached hydrogen (secondary N) is 2. The highest BCUT2D eigenvalue weighted by molar-refractivity contribution is 6.30. The molecule has 1 aliphatic heterocycles. The number of nitrogens with zero attached hydrogens (tertiary/aromatic N) is 2. The molecular formula is C16H20Cl2N4O. The molecule has 1 fully saturated rings. The zero-order valence-corrected chi connectivity index (χ0v) is 14.4. The highest BCUT2D eigenvalue weighted by atomic mass is 35.5. The molecule has 23 heavy (non-hydrogen) atoms. The average Bonchev–Trinajstić information content (AvgIpc) is 2.97. The molecule has 1 aromatic carbocycles. The van der Waals surface area contributed by atoms with E-state index in [0.29, 0.717) is 16.6 Å². The van der Waals surface area contributed by atoms with Crippen LogP contribution in [0.5, 0.6) is 0 Å². The van der Waals surface area contributed by atoms with Gasteiger partial charge in [-0.15, -0.1) is 12.4 Å². The van der Waals surface area contributed by atoms with E-state index in [2.05, 4.69) is 22.7 Å². The van der Waals surface area contributed by atoms with Crippen molar-refractivity contribution in [2.24, 2.45) is 0 Å². The molecule has 5 nitrogen and oxygen atoms in total. The minimum atomic E-state index is -0.0765. The number of hydrogen-bond acceptors (Lipinski definition) is 3. The Hall–Kier alpha value is -1.56. The molecule has 2 unspecified atom stereocenters. The lowest BCUT2D eigenvalue weighted by atomic mass is 10.0. The van der Waals surface area contributed by atoms with E-state index in [1.807, 2.05) is 18.2 Å². The highest BCUT2D eigenvalue weighted by Gasteiger charge is 2.21. The topological polar surface area (TPSA) is 59.0 Å². The van der Waals surface area contributed by atoms with Gasteiger partial charge < -0.3 is 10.6 Å². The Balaban J connectivity index is 0.00000192. The van der Waals surface area contributed by atoms with Crippen molar-refractivity contribution in [2.45, 2.75) is 31.8 Å². The lowest BCUT2D eigenvalue weighted by molar-refractivity contribution is 0.0925. The van der Waals surface area contributed by atoms with Crippen molar-refractivity contribution in [1.82, 2.24) is 20.4 Å². The molecule has 2 heterocycles. The highest BCUT2D eigenvalue weighted by Crippen LogP contribution is 2.15. The van der Waals surface area contributed by atoms with E-state index < -0.39 is 0 Å². The number of hydrogen-bond donors (Lipinski definition) is 2. The first-order chi connectivity index (χ1) is 10.6. The van der Waals surface area contributed by atoms with Gasteiger partial charge in [-0.3, -0.25) is 4.79 Å². The van der Waals surface area contributed by atoms with Crippen LogP contribution in [0.3, 0.4) is 0 Å². The molecule has 1 aromatic heterocycles. The fourth-order valence-electron chi connectivity index (χ4n) is 2.73. The third-order valence-corrected chi connectivity index (χ3v) is 4.11. The fraction of sp³-hybridized carbons (Fsp3) is 0.375. The summed E-state index contributed by atoms with van der Waals surface area (Å²) in [5.41, 5.74) is 1.40. The van der Waals surface area contributed by atoms with Gasteiger partial charge in [-0.2, -0.15) is 5.10 Å². The van der Waals surface area contributed by atoms with Crippen molar-refractivity contribution in [2.75, 3.05) is 6.54 Å². The van der Waals surface area contributed by atoms with Crippen LogP contribution in [-0.2, 0) is 0 Å². The van der Waals surface area contributed by atoms with Crippen molar-refractivity contribution >= 4 is 29.9 Å². The molecule has 0 saturated carbocycles. The summed E-state index contributed by atoms with van der Waals surface area (Å²) in [7, 11) is 0. The second-order valence-electron chi connectivity index (χ2n) is 5.70. The van der Waals surface area contributed by atoms with Crippen LogP contribution in [-0.4, -0.2) is 34.3 Å². The van der Waals surface area contributed by atoms with E-state index >= 15 is 0 Å². The summed E-state index contributed by atoms with van der Waals surface area (Å²) in [5, 5.41) is 11.3. The molecule has 2 N–H and O–H groups in total. The molecule has 0 radical (unpaired) electrons. The number of halogens is 2. The molecule has 2 aromatic rings. The maximum absolute atomic E-state index is 12.3. The molecule has 2 atom stereocenters. The van der Waals surface area contributed by atoms with Gasteiger partial charge in [0.1, 0.15) is 0 Å².